The summed E-state index contributed by atoms with van der Waals surface area (Å²) in [5.74, 6) is -0.893. The lowest BCUT2D eigenvalue weighted by molar-refractivity contribution is -0.133. The van der Waals surface area contributed by atoms with Gasteiger partial charge in [-0.2, -0.15) is 0 Å². The third-order valence-electron chi connectivity index (χ3n) is 2.43. The van der Waals surface area contributed by atoms with Crippen LogP contribution in [0.3, 0.4) is 0 Å². The normalized spacial score (nSPS) is 10.1. The number of carboxylic acids is 1. The highest BCUT2D eigenvalue weighted by Crippen LogP contribution is 2.09. The highest BCUT2D eigenvalue weighted by atomic mass is 32.2. The van der Waals surface area contributed by atoms with Crippen LogP contribution in [0.15, 0.2) is 24.3 Å². The number of aliphatic carboxylic acids is 1. The van der Waals surface area contributed by atoms with Crippen LogP contribution in [0.4, 0.5) is 0 Å². The predicted molar refractivity (Wildman–Crippen MR) is 72.6 cm³/mol. The molecule has 1 rings (SSSR count). The van der Waals surface area contributed by atoms with E-state index < -0.39 is 5.97 Å². The summed E-state index contributed by atoms with van der Waals surface area (Å²) < 4.78 is 0. The van der Waals surface area contributed by atoms with E-state index in [2.05, 4.69) is 12.2 Å². The number of rotatable bonds is 7. The van der Waals surface area contributed by atoms with E-state index in [9.17, 15) is 9.59 Å². The molecule has 0 saturated heterocycles. The second kappa shape index (κ2) is 7.76. The highest BCUT2D eigenvalue weighted by molar-refractivity contribution is 8.00. The number of carbonyl (C=O) groups excluding carboxylic acids is 1. The van der Waals surface area contributed by atoms with Crippen LogP contribution in [0.2, 0.25) is 0 Å². The minimum absolute atomic E-state index is 0.0427. The first kappa shape index (κ1) is 14.6. The molecule has 98 valence electrons. The van der Waals surface area contributed by atoms with Gasteiger partial charge in [-0.1, -0.05) is 31.2 Å². The number of hydrogen-bond acceptors (Lipinski definition) is 3. The molecule has 5 heteroatoms. The molecule has 0 aliphatic rings. The first-order chi connectivity index (χ1) is 8.63. The fourth-order valence-electron chi connectivity index (χ4n) is 1.55. The molecule has 0 atom stereocenters. The number of carbonyl (C=O) groups is 2. The van der Waals surface area contributed by atoms with Crippen molar-refractivity contribution in [3.05, 3.63) is 35.4 Å². The molecule has 0 aliphatic carbocycles. The van der Waals surface area contributed by atoms with Gasteiger partial charge in [-0.25, -0.2) is 0 Å². The average molecular weight is 267 g/mol. The van der Waals surface area contributed by atoms with Crippen LogP contribution in [-0.4, -0.2) is 28.5 Å². The molecule has 0 heterocycles. The summed E-state index contributed by atoms with van der Waals surface area (Å²) >= 11 is 1.10. The van der Waals surface area contributed by atoms with Crippen LogP contribution in [-0.2, 0) is 22.6 Å². The topological polar surface area (TPSA) is 66.4 Å². The summed E-state index contributed by atoms with van der Waals surface area (Å²) in [7, 11) is 0. The largest absolute Gasteiger partial charge is 0.481 e. The molecule has 0 fully saturated rings. The maximum absolute atomic E-state index is 11.5. The molecule has 1 aromatic carbocycles. The maximum atomic E-state index is 11.5. The van der Waals surface area contributed by atoms with Crippen molar-refractivity contribution in [3.63, 3.8) is 0 Å². The fourth-order valence-corrected chi connectivity index (χ4v) is 2.11. The van der Waals surface area contributed by atoms with Gasteiger partial charge in [-0.15, -0.1) is 11.8 Å². The van der Waals surface area contributed by atoms with Crippen molar-refractivity contribution in [2.24, 2.45) is 0 Å². The molecular formula is C13H17NO3S. The minimum atomic E-state index is -0.899. The van der Waals surface area contributed by atoms with Gasteiger partial charge in [0, 0.05) is 6.54 Å². The molecule has 0 bridgehead atoms. The van der Waals surface area contributed by atoms with E-state index in [4.69, 9.17) is 5.11 Å². The van der Waals surface area contributed by atoms with E-state index >= 15 is 0 Å². The number of carboxylic acid groups (broad SMARTS) is 1. The van der Waals surface area contributed by atoms with E-state index in [-0.39, 0.29) is 17.4 Å². The molecule has 1 aromatic rings. The van der Waals surface area contributed by atoms with Crippen molar-refractivity contribution >= 4 is 23.6 Å². The molecule has 0 saturated carbocycles. The Kier molecular flexibility index (Phi) is 6.28. The highest BCUT2D eigenvalue weighted by Gasteiger charge is 2.05. The Morgan fingerprint density at radius 2 is 1.89 bits per heavy atom. The quantitative estimate of drug-likeness (QED) is 0.789. The van der Waals surface area contributed by atoms with E-state index in [0.717, 1.165) is 23.7 Å². The van der Waals surface area contributed by atoms with Crippen LogP contribution in [0.5, 0.6) is 0 Å². The Labute approximate surface area is 111 Å². The Morgan fingerprint density at radius 1 is 1.22 bits per heavy atom. The van der Waals surface area contributed by atoms with Gasteiger partial charge >= 0.3 is 5.97 Å². The molecule has 0 aromatic heterocycles. The minimum Gasteiger partial charge on any atom is -0.481 e. The van der Waals surface area contributed by atoms with Crippen LogP contribution in [0, 0.1) is 0 Å². The van der Waals surface area contributed by atoms with Gasteiger partial charge in [0.15, 0.2) is 0 Å². The number of aryl methyl sites for hydroxylation is 1. The monoisotopic (exact) mass is 267 g/mol. The van der Waals surface area contributed by atoms with Gasteiger partial charge < -0.3 is 10.4 Å². The van der Waals surface area contributed by atoms with Gasteiger partial charge in [0.25, 0.3) is 0 Å². The first-order valence-electron chi connectivity index (χ1n) is 5.76. The second-order valence-electron chi connectivity index (χ2n) is 3.79. The summed E-state index contributed by atoms with van der Waals surface area (Å²) in [5, 5.41) is 11.2. The van der Waals surface area contributed by atoms with Gasteiger partial charge in [0.1, 0.15) is 0 Å². The molecule has 0 radical (unpaired) electrons. The van der Waals surface area contributed by atoms with E-state index in [1.54, 1.807) is 0 Å². The molecular weight excluding hydrogens is 250 g/mol. The molecule has 4 nitrogen and oxygen atoms in total. The molecule has 18 heavy (non-hydrogen) atoms. The second-order valence-corrected chi connectivity index (χ2v) is 4.77. The Morgan fingerprint density at radius 3 is 2.50 bits per heavy atom. The average Bonchev–Trinajstić information content (AvgIpc) is 2.36. The third kappa shape index (κ3) is 5.23. The number of nitrogens with one attached hydrogen (secondary N) is 1. The number of benzene rings is 1. The van der Waals surface area contributed by atoms with E-state index in [1.807, 2.05) is 24.3 Å². The summed E-state index contributed by atoms with van der Waals surface area (Å²) in [5.41, 5.74) is 2.33. The smallest absolute Gasteiger partial charge is 0.313 e. The van der Waals surface area contributed by atoms with Crippen LogP contribution in [0.1, 0.15) is 18.1 Å². The van der Waals surface area contributed by atoms with Gasteiger partial charge in [0.05, 0.1) is 11.5 Å². The van der Waals surface area contributed by atoms with Crippen molar-refractivity contribution in [2.75, 3.05) is 11.5 Å². The summed E-state index contributed by atoms with van der Waals surface area (Å²) in [4.78, 5) is 21.8. The van der Waals surface area contributed by atoms with Gasteiger partial charge in [-0.05, 0) is 17.5 Å². The third-order valence-corrected chi connectivity index (χ3v) is 3.35. The SMILES string of the molecule is CCc1ccccc1CNC(=O)CSCC(=O)O. The van der Waals surface area contributed by atoms with Crippen molar-refractivity contribution in [1.29, 1.82) is 0 Å². The van der Waals surface area contributed by atoms with Crippen molar-refractivity contribution in [3.8, 4) is 0 Å². The van der Waals surface area contributed by atoms with E-state index in [0.29, 0.717) is 6.54 Å². The lowest BCUT2D eigenvalue weighted by atomic mass is 10.1. The Hall–Kier alpha value is -1.49. The van der Waals surface area contributed by atoms with Crippen molar-refractivity contribution in [1.82, 2.24) is 5.32 Å². The van der Waals surface area contributed by atoms with Gasteiger partial charge in [-0.3, -0.25) is 9.59 Å². The molecule has 0 aliphatic heterocycles. The lowest BCUT2D eigenvalue weighted by Crippen LogP contribution is -2.25. The Balaban J connectivity index is 2.35. The van der Waals surface area contributed by atoms with Crippen LogP contribution < -0.4 is 5.32 Å². The lowest BCUT2D eigenvalue weighted by Gasteiger charge is -2.08. The fraction of sp³-hybridized carbons (Fsp3) is 0.385. The van der Waals surface area contributed by atoms with E-state index in [1.165, 1.54) is 5.56 Å². The van der Waals surface area contributed by atoms with Crippen molar-refractivity contribution < 1.29 is 14.7 Å². The molecule has 1 amide bonds. The zero-order chi connectivity index (χ0) is 13.4. The zero-order valence-corrected chi connectivity index (χ0v) is 11.1. The number of amides is 1. The maximum Gasteiger partial charge on any atom is 0.313 e. The molecule has 2 N–H and O–H groups in total. The summed E-state index contributed by atoms with van der Waals surface area (Å²) in [6, 6.07) is 7.96. The predicted octanol–water partition coefficient (Wildman–Crippen LogP) is 1.68. The van der Waals surface area contributed by atoms with Crippen molar-refractivity contribution in [2.45, 2.75) is 19.9 Å². The van der Waals surface area contributed by atoms with Crippen LogP contribution in [0.25, 0.3) is 0 Å². The Bertz CT molecular complexity index is 420. The first-order valence-corrected chi connectivity index (χ1v) is 6.92. The summed E-state index contributed by atoms with van der Waals surface area (Å²) in [6.45, 7) is 2.57. The van der Waals surface area contributed by atoms with Crippen LogP contribution >= 0.6 is 11.8 Å². The molecule has 0 spiro atoms. The van der Waals surface area contributed by atoms with Gasteiger partial charge in [0.2, 0.25) is 5.91 Å². The zero-order valence-electron chi connectivity index (χ0n) is 10.3. The molecule has 0 unspecified atom stereocenters. The standard InChI is InChI=1S/C13H17NO3S/c1-2-10-5-3-4-6-11(10)7-14-12(15)8-18-9-13(16)17/h3-6H,2,7-9H2,1H3,(H,14,15)(H,16,17). The number of hydrogen-bond donors (Lipinski definition) is 2. The number of thioether (sulfide) groups is 1. The summed E-state index contributed by atoms with van der Waals surface area (Å²) in [6.07, 6.45) is 0.930.